The largest absolute Gasteiger partial charge is 0.337 e. The second kappa shape index (κ2) is 8.53. The number of carbonyl (C=O) groups is 1. The van der Waals surface area contributed by atoms with Gasteiger partial charge in [-0.25, -0.2) is 14.4 Å². The maximum atomic E-state index is 13.3. The standard InChI is InChI=1S/C22H21FN4OS/c1-2-16-5-3-6-19-20(16)25-22(29-19)27(13-4-12-26-14-11-24-15-26)21(28)17-7-9-18(23)10-8-17/h3,5-11,14-15H,2,4,12-13H2,1H3. The van der Waals surface area contributed by atoms with Crippen molar-refractivity contribution in [1.82, 2.24) is 14.5 Å². The summed E-state index contributed by atoms with van der Waals surface area (Å²) >= 11 is 1.51. The number of rotatable bonds is 7. The van der Waals surface area contributed by atoms with Crippen LogP contribution in [0, 0.1) is 5.82 Å². The van der Waals surface area contributed by atoms with Crippen LogP contribution >= 0.6 is 11.3 Å². The van der Waals surface area contributed by atoms with E-state index in [1.165, 1.54) is 35.6 Å². The van der Waals surface area contributed by atoms with Crippen LogP contribution in [0.3, 0.4) is 0 Å². The van der Waals surface area contributed by atoms with Crippen LogP contribution in [0.25, 0.3) is 10.2 Å². The molecule has 0 atom stereocenters. The van der Waals surface area contributed by atoms with Crippen LogP contribution in [-0.4, -0.2) is 27.0 Å². The molecule has 0 radical (unpaired) electrons. The van der Waals surface area contributed by atoms with Crippen molar-refractivity contribution >= 4 is 32.6 Å². The Morgan fingerprint density at radius 3 is 2.76 bits per heavy atom. The molecule has 2 aromatic carbocycles. The number of amides is 1. The van der Waals surface area contributed by atoms with Crippen molar-refractivity contribution in [2.45, 2.75) is 26.3 Å². The van der Waals surface area contributed by atoms with Gasteiger partial charge in [-0.15, -0.1) is 0 Å². The molecule has 0 spiro atoms. The third-order valence-electron chi connectivity index (χ3n) is 4.80. The zero-order valence-electron chi connectivity index (χ0n) is 16.1. The maximum Gasteiger partial charge on any atom is 0.260 e. The monoisotopic (exact) mass is 408 g/mol. The molecule has 4 aromatic rings. The van der Waals surface area contributed by atoms with Crippen molar-refractivity contribution in [2.24, 2.45) is 0 Å². The van der Waals surface area contributed by atoms with E-state index in [9.17, 15) is 9.18 Å². The summed E-state index contributed by atoms with van der Waals surface area (Å²) in [4.78, 5) is 23.8. The molecule has 0 aliphatic heterocycles. The Morgan fingerprint density at radius 2 is 2.03 bits per heavy atom. The summed E-state index contributed by atoms with van der Waals surface area (Å²) in [7, 11) is 0. The quantitative estimate of drug-likeness (QED) is 0.436. The molecule has 29 heavy (non-hydrogen) atoms. The zero-order valence-corrected chi connectivity index (χ0v) is 16.9. The molecule has 4 rings (SSSR count). The predicted octanol–water partition coefficient (Wildman–Crippen LogP) is 4.93. The Hall–Kier alpha value is -3.06. The molecule has 0 aliphatic carbocycles. The molecule has 2 heterocycles. The number of halogens is 1. The SMILES string of the molecule is CCc1cccc2sc(N(CCCn3ccnc3)C(=O)c3ccc(F)cc3)nc12. The molecule has 0 N–H and O–H groups in total. The highest BCUT2D eigenvalue weighted by Gasteiger charge is 2.21. The van der Waals surface area contributed by atoms with Gasteiger partial charge in [-0.1, -0.05) is 30.4 Å². The highest BCUT2D eigenvalue weighted by molar-refractivity contribution is 7.22. The molecule has 0 fully saturated rings. The second-order valence-corrected chi connectivity index (χ2v) is 7.74. The van der Waals surface area contributed by atoms with Crippen molar-refractivity contribution < 1.29 is 9.18 Å². The van der Waals surface area contributed by atoms with Gasteiger partial charge in [0.2, 0.25) is 0 Å². The fourth-order valence-corrected chi connectivity index (χ4v) is 4.30. The van der Waals surface area contributed by atoms with Gasteiger partial charge in [0.1, 0.15) is 5.82 Å². The van der Waals surface area contributed by atoms with Crippen LogP contribution < -0.4 is 4.90 Å². The third kappa shape index (κ3) is 4.19. The second-order valence-electron chi connectivity index (χ2n) is 6.73. The lowest BCUT2D eigenvalue weighted by Crippen LogP contribution is -2.32. The van der Waals surface area contributed by atoms with Crippen molar-refractivity contribution in [1.29, 1.82) is 0 Å². The van der Waals surface area contributed by atoms with E-state index >= 15 is 0 Å². The number of fused-ring (bicyclic) bond motifs is 1. The molecule has 1 amide bonds. The topological polar surface area (TPSA) is 51.0 Å². The van der Waals surface area contributed by atoms with Crippen molar-refractivity contribution in [3.05, 3.63) is 78.1 Å². The molecular weight excluding hydrogens is 387 g/mol. The lowest BCUT2D eigenvalue weighted by atomic mass is 10.1. The van der Waals surface area contributed by atoms with Gasteiger partial charge in [-0.3, -0.25) is 9.69 Å². The summed E-state index contributed by atoms with van der Waals surface area (Å²) in [5.74, 6) is -0.534. The molecular formula is C22H21FN4OS. The van der Waals surface area contributed by atoms with Crippen LogP contribution in [0.15, 0.2) is 61.2 Å². The Kier molecular flexibility index (Phi) is 5.67. The van der Waals surface area contributed by atoms with Crippen LogP contribution in [0.5, 0.6) is 0 Å². The molecule has 7 heteroatoms. The summed E-state index contributed by atoms with van der Waals surface area (Å²) in [6, 6.07) is 11.8. The third-order valence-corrected chi connectivity index (χ3v) is 5.84. The summed E-state index contributed by atoms with van der Waals surface area (Å²) < 4.78 is 16.4. The number of aromatic nitrogens is 3. The van der Waals surface area contributed by atoms with Crippen LogP contribution in [0.4, 0.5) is 9.52 Å². The Morgan fingerprint density at radius 1 is 1.21 bits per heavy atom. The van der Waals surface area contributed by atoms with Gasteiger partial charge in [-0.05, 0) is 48.7 Å². The van der Waals surface area contributed by atoms with Crippen molar-refractivity contribution in [3.63, 3.8) is 0 Å². The Bertz CT molecular complexity index is 1110. The first-order chi connectivity index (χ1) is 14.2. The summed E-state index contributed by atoms with van der Waals surface area (Å²) in [5, 5.41) is 0.667. The molecule has 0 saturated heterocycles. The van der Waals surface area contributed by atoms with E-state index in [0.717, 1.165) is 35.2 Å². The van der Waals surface area contributed by atoms with Gasteiger partial charge in [0, 0.05) is 31.0 Å². The number of thiazole rings is 1. The lowest BCUT2D eigenvalue weighted by Gasteiger charge is -2.20. The fourth-order valence-electron chi connectivity index (χ4n) is 3.26. The molecule has 0 bridgehead atoms. The minimum atomic E-state index is -0.360. The molecule has 148 valence electrons. The van der Waals surface area contributed by atoms with Gasteiger partial charge in [0.05, 0.1) is 16.5 Å². The normalized spacial score (nSPS) is 11.1. The molecule has 5 nitrogen and oxygen atoms in total. The average Bonchev–Trinajstić information content (AvgIpc) is 3.40. The summed E-state index contributed by atoms with van der Waals surface area (Å²) in [6.45, 7) is 3.36. The van der Waals surface area contributed by atoms with Gasteiger partial charge in [0.25, 0.3) is 5.91 Å². The van der Waals surface area contributed by atoms with Gasteiger partial charge in [-0.2, -0.15) is 0 Å². The minimum absolute atomic E-state index is 0.173. The van der Waals surface area contributed by atoms with Gasteiger partial charge >= 0.3 is 0 Å². The number of hydrogen-bond acceptors (Lipinski definition) is 4. The first-order valence-corrected chi connectivity index (χ1v) is 10.4. The number of aryl methyl sites for hydroxylation is 2. The number of imidazole rings is 1. The van der Waals surface area contributed by atoms with E-state index in [0.29, 0.717) is 17.2 Å². The average molecular weight is 409 g/mol. The number of carbonyl (C=O) groups excluding carboxylic acids is 1. The van der Waals surface area contributed by atoms with E-state index in [4.69, 9.17) is 4.98 Å². The highest BCUT2D eigenvalue weighted by Crippen LogP contribution is 2.32. The van der Waals surface area contributed by atoms with Crippen LogP contribution in [-0.2, 0) is 13.0 Å². The smallest absolute Gasteiger partial charge is 0.260 e. The van der Waals surface area contributed by atoms with E-state index in [-0.39, 0.29) is 11.7 Å². The first kappa shape index (κ1) is 19.3. The molecule has 0 aliphatic rings. The molecule has 0 saturated carbocycles. The number of para-hydroxylation sites is 1. The first-order valence-electron chi connectivity index (χ1n) is 9.57. The van der Waals surface area contributed by atoms with Crippen LogP contribution in [0.2, 0.25) is 0 Å². The van der Waals surface area contributed by atoms with E-state index in [1.807, 2.05) is 22.9 Å². The maximum absolute atomic E-state index is 13.3. The predicted molar refractivity (Wildman–Crippen MR) is 114 cm³/mol. The van der Waals surface area contributed by atoms with Gasteiger partial charge in [0.15, 0.2) is 5.13 Å². The number of benzene rings is 2. The highest BCUT2D eigenvalue weighted by atomic mass is 32.1. The van der Waals surface area contributed by atoms with Crippen LogP contribution in [0.1, 0.15) is 29.3 Å². The number of anilines is 1. The van der Waals surface area contributed by atoms with E-state index in [2.05, 4.69) is 18.0 Å². The fraction of sp³-hybridized carbons (Fsp3) is 0.227. The van der Waals surface area contributed by atoms with E-state index < -0.39 is 0 Å². The zero-order chi connectivity index (χ0) is 20.2. The van der Waals surface area contributed by atoms with Crippen molar-refractivity contribution in [2.75, 3.05) is 11.4 Å². The Labute approximate surface area is 172 Å². The summed E-state index contributed by atoms with van der Waals surface area (Å²) in [6.07, 6.45) is 7.03. The Balaban J connectivity index is 1.65. The lowest BCUT2D eigenvalue weighted by molar-refractivity contribution is 0.0986. The van der Waals surface area contributed by atoms with Gasteiger partial charge < -0.3 is 4.57 Å². The van der Waals surface area contributed by atoms with Crippen molar-refractivity contribution in [3.8, 4) is 0 Å². The molecule has 0 unspecified atom stereocenters. The molecule has 2 aromatic heterocycles. The number of hydrogen-bond donors (Lipinski definition) is 0. The summed E-state index contributed by atoms with van der Waals surface area (Å²) in [5.41, 5.74) is 2.56. The van der Waals surface area contributed by atoms with E-state index in [1.54, 1.807) is 17.4 Å². The number of nitrogens with zero attached hydrogens (tertiary/aromatic N) is 4. The minimum Gasteiger partial charge on any atom is -0.337 e.